The van der Waals surface area contributed by atoms with E-state index in [4.69, 9.17) is 18.9 Å². The van der Waals surface area contributed by atoms with Crippen molar-refractivity contribution in [3.8, 4) is 34.1 Å². The molecule has 2 aromatic heterocycles. The fourth-order valence-corrected chi connectivity index (χ4v) is 4.96. The average Bonchev–Trinajstić information content (AvgIpc) is 3.01. The highest BCUT2D eigenvalue weighted by Gasteiger charge is 2.18. The Kier molecular flexibility index (Phi) is 9.65. The molecule has 0 unspecified atom stereocenters. The Morgan fingerprint density at radius 2 is 1.82 bits per heavy atom. The maximum Gasteiger partial charge on any atom is 0.262 e. The van der Waals surface area contributed by atoms with Crippen LogP contribution < -0.4 is 25.1 Å². The van der Waals surface area contributed by atoms with E-state index in [1.165, 1.54) is 22.9 Å². The van der Waals surface area contributed by atoms with Gasteiger partial charge in [-0.05, 0) is 47.7 Å². The molecule has 0 aliphatic carbocycles. The number of ether oxygens (including phenoxy) is 4. The Bertz CT molecular complexity index is 1660. The lowest BCUT2D eigenvalue weighted by Gasteiger charge is -2.26. The number of anilines is 1. The maximum absolute atomic E-state index is 15.4. The zero-order chi connectivity index (χ0) is 31.3. The van der Waals surface area contributed by atoms with Gasteiger partial charge < -0.3 is 24.3 Å². The Morgan fingerprint density at radius 3 is 2.55 bits per heavy atom. The van der Waals surface area contributed by atoms with Gasteiger partial charge in [0.2, 0.25) is 5.95 Å². The highest BCUT2D eigenvalue weighted by Crippen LogP contribution is 2.39. The fraction of sp³-hybridized carbons (Fsp3) is 0.424. The molecule has 5 rings (SSSR count). The number of pyridine rings is 1. The number of hydrogen-bond acceptors (Lipinski definition) is 9. The Hall–Kier alpha value is -4.22. The summed E-state index contributed by atoms with van der Waals surface area (Å²) in [6.07, 6.45) is 3.92. The van der Waals surface area contributed by atoms with E-state index in [-0.39, 0.29) is 22.3 Å². The first-order valence-corrected chi connectivity index (χ1v) is 14.8. The number of benzene rings is 2. The van der Waals surface area contributed by atoms with Crippen molar-refractivity contribution in [2.45, 2.75) is 27.2 Å². The van der Waals surface area contributed by atoms with Gasteiger partial charge in [-0.25, -0.2) is 9.37 Å². The number of nitrogens with zero attached hydrogens (tertiary/aromatic N) is 4. The van der Waals surface area contributed by atoms with Gasteiger partial charge in [-0.2, -0.15) is 0 Å². The molecule has 0 saturated carbocycles. The van der Waals surface area contributed by atoms with E-state index in [0.717, 1.165) is 39.3 Å². The van der Waals surface area contributed by atoms with E-state index < -0.39 is 5.82 Å². The molecule has 3 heterocycles. The van der Waals surface area contributed by atoms with Crippen LogP contribution in [0.5, 0.6) is 23.0 Å². The minimum Gasteiger partial charge on any atom is -0.491 e. The van der Waals surface area contributed by atoms with Crippen LogP contribution in [0, 0.1) is 11.2 Å². The third-order valence-electron chi connectivity index (χ3n) is 7.38. The molecule has 2 aromatic carbocycles. The van der Waals surface area contributed by atoms with Crippen LogP contribution in [-0.4, -0.2) is 72.5 Å². The van der Waals surface area contributed by atoms with Gasteiger partial charge in [-0.1, -0.05) is 26.8 Å². The minimum absolute atomic E-state index is 0.0110. The zero-order valence-electron chi connectivity index (χ0n) is 26.0. The molecule has 10 nitrogen and oxygen atoms in total. The number of methoxy groups -OCH3 is 1. The molecule has 0 radical (unpaired) electrons. The largest absolute Gasteiger partial charge is 0.491 e. The van der Waals surface area contributed by atoms with E-state index in [2.05, 4.69) is 41.0 Å². The lowest BCUT2D eigenvalue weighted by atomic mass is 9.97. The van der Waals surface area contributed by atoms with Crippen LogP contribution in [0.4, 0.5) is 10.3 Å². The second kappa shape index (κ2) is 13.6. The van der Waals surface area contributed by atoms with E-state index in [0.29, 0.717) is 52.8 Å². The van der Waals surface area contributed by atoms with Gasteiger partial charge in [0.25, 0.3) is 5.56 Å². The Labute approximate surface area is 256 Å². The number of hydrogen-bond donors (Lipinski definition) is 1. The standard InChI is InChI=1S/C33H40FN5O5/c1-33(2,3)21-37-32-36-20-24(31(40)38(32)4)22-7-9-27(25(34)19-22)44-26-11-12-35-29-23(26)8-10-28(30(29)41-5)43-16-6-13-39-14-17-42-18-15-39/h7-12,19-20H,6,13-18,21H2,1-5H3,(H,36,37). The second-order valence-electron chi connectivity index (χ2n) is 12.0. The van der Waals surface area contributed by atoms with Gasteiger partial charge in [0.05, 0.1) is 32.5 Å². The van der Waals surface area contributed by atoms with Gasteiger partial charge >= 0.3 is 0 Å². The predicted molar refractivity (Wildman–Crippen MR) is 169 cm³/mol. The first-order chi connectivity index (χ1) is 21.1. The Balaban J connectivity index is 1.31. The fourth-order valence-electron chi connectivity index (χ4n) is 4.96. The van der Waals surface area contributed by atoms with Crippen LogP contribution in [0.15, 0.2) is 53.6 Å². The van der Waals surface area contributed by atoms with Gasteiger partial charge in [-0.15, -0.1) is 0 Å². The van der Waals surface area contributed by atoms with Crippen molar-refractivity contribution in [1.29, 1.82) is 0 Å². The van der Waals surface area contributed by atoms with Gasteiger partial charge in [-0.3, -0.25) is 19.2 Å². The van der Waals surface area contributed by atoms with Gasteiger partial charge in [0.15, 0.2) is 23.1 Å². The molecule has 0 amide bonds. The van der Waals surface area contributed by atoms with E-state index in [1.54, 1.807) is 32.5 Å². The normalized spacial score (nSPS) is 14.0. The summed E-state index contributed by atoms with van der Waals surface area (Å²) in [5.74, 6) is 1.32. The third kappa shape index (κ3) is 7.28. The van der Waals surface area contributed by atoms with Crippen molar-refractivity contribution in [2.24, 2.45) is 12.5 Å². The molecule has 1 fully saturated rings. The molecule has 0 atom stereocenters. The van der Waals surface area contributed by atoms with Crippen LogP contribution in [-0.2, 0) is 11.8 Å². The third-order valence-corrected chi connectivity index (χ3v) is 7.38. The first-order valence-electron chi connectivity index (χ1n) is 14.8. The summed E-state index contributed by atoms with van der Waals surface area (Å²) in [4.78, 5) is 24.3. The van der Waals surface area contributed by atoms with Crippen molar-refractivity contribution in [3.05, 3.63) is 65.0 Å². The minimum atomic E-state index is -0.614. The van der Waals surface area contributed by atoms with Crippen molar-refractivity contribution in [1.82, 2.24) is 19.4 Å². The van der Waals surface area contributed by atoms with E-state index >= 15 is 4.39 Å². The molecule has 1 aliphatic heterocycles. The monoisotopic (exact) mass is 605 g/mol. The van der Waals surface area contributed by atoms with Crippen molar-refractivity contribution in [2.75, 3.05) is 58.4 Å². The van der Waals surface area contributed by atoms with Crippen molar-refractivity contribution in [3.63, 3.8) is 0 Å². The molecule has 1 N–H and O–H groups in total. The predicted octanol–water partition coefficient (Wildman–Crippen LogP) is 5.49. The lowest BCUT2D eigenvalue weighted by Crippen LogP contribution is -2.37. The molecule has 11 heteroatoms. The molecular weight excluding hydrogens is 565 g/mol. The Morgan fingerprint density at radius 1 is 1.05 bits per heavy atom. The molecule has 0 spiro atoms. The molecule has 1 aliphatic rings. The average molecular weight is 606 g/mol. The van der Waals surface area contributed by atoms with E-state index in [1.807, 2.05) is 12.1 Å². The van der Waals surface area contributed by atoms with Crippen molar-refractivity contribution < 1.29 is 23.3 Å². The molecular formula is C33H40FN5O5. The van der Waals surface area contributed by atoms with Crippen LogP contribution >= 0.6 is 0 Å². The van der Waals surface area contributed by atoms with Crippen LogP contribution in [0.3, 0.4) is 0 Å². The lowest BCUT2D eigenvalue weighted by molar-refractivity contribution is 0.0357. The SMILES string of the molecule is COc1c(OCCCN2CCOCC2)ccc2c(Oc3ccc(-c4cnc(NCC(C)(C)C)n(C)c4=O)cc3F)ccnc12. The van der Waals surface area contributed by atoms with Crippen molar-refractivity contribution >= 4 is 16.9 Å². The number of fused-ring (bicyclic) bond motifs is 1. The zero-order valence-corrected chi connectivity index (χ0v) is 26.0. The van der Waals surface area contributed by atoms with E-state index in [9.17, 15) is 4.79 Å². The number of nitrogens with one attached hydrogen (secondary N) is 1. The van der Waals surface area contributed by atoms with Gasteiger partial charge in [0.1, 0.15) is 11.3 Å². The highest BCUT2D eigenvalue weighted by molar-refractivity contribution is 5.92. The summed E-state index contributed by atoms with van der Waals surface area (Å²) >= 11 is 0. The summed E-state index contributed by atoms with van der Waals surface area (Å²) in [5, 5.41) is 3.84. The molecule has 4 aromatic rings. The highest BCUT2D eigenvalue weighted by atomic mass is 19.1. The van der Waals surface area contributed by atoms with Crippen LogP contribution in [0.1, 0.15) is 27.2 Å². The summed E-state index contributed by atoms with van der Waals surface area (Å²) in [7, 11) is 3.21. The molecule has 234 valence electrons. The second-order valence-corrected chi connectivity index (χ2v) is 12.0. The number of aromatic nitrogens is 3. The topological polar surface area (TPSA) is 100.0 Å². The summed E-state index contributed by atoms with van der Waals surface area (Å²) in [6, 6.07) is 9.74. The summed E-state index contributed by atoms with van der Waals surface area (Å²) < 4.78 is 40.0. The summed E-state index contributed by atoms with van der Waals surface area (Å²) in [6.45, 7) is 11.8. The molecule has 0 bridgehead atoms. The number of rotatable bonds is 11. The number of halogens is 1. The maximum atomic E-state index is 15.4. The molecule has 1 saturated heterocycles. The van der Waals surface area contributed by atoms with Gasteiger partial charge in [0, 0.05) is 51.0 Å². The van der Waals surface area contributed by atoms with Crippen LogP contribution in [0.25, 0.3) is 22.0 Å². The molecule has 44 heavy (non-hydrogen) atoms. The first kappa shape index (κ1) is 31.2. The smallest absolute Gasteiger partial charge is 0.262 e. The quantitative estimate of drug-likeness (QED) is 0.222. The number of morpholine rings is 1. The summed E-state index contributed by atoms with van der Waals surface area (Å²) in [5.41, 5.74) is 0.968. The van der Waals surface area contributed by atoms with Crippen LogP contribution in [0.2, 0.25) is 0 Å².